The molecule has 2 aromatic rings. The van der Waals surface area contributed by atoms with Crippen molar-refractivity contribution in [2.24, 2.45) is 0 Å². The number of hydrogen-bond donors (Lipinski definition) is 2. The second kappa shape index (κ2) is 8.33. The molecule has 2 N–H and O–H groups in total. The van der Waals surface area contributed by atoms with Gasteiger partial charge in [-0.2, -0.15) is 0 Å². The van der Waals surface area contributed by atoms with E-state index in [0.29, 0.717) is 17.0 Å². The Balaban J connectivity index is 2.02. The predicted molar refractivity (Wildman–Crippen MR) is 98.9 cm³/mol. The zero-order chi connectivity index (χ0) is 18.4. The molecule has 0 heterocycles. The quantitative estimate of drug-likeness (QED) is 0.845. The summed E-state index contributed by atoms with van der Waals surface area (Å²) in [5, 5.41) is 5.61. The summed E-state index contributed by atoms with van der Waals surface area (Å²) in [4.78, 5) is 24.4. The third kappa shape index (κ3) is 5.35. The highest BCUT2D eigenvalue weighted by atomic mass is 16.5. The molecule has 5 heteroatoms. The van der Waals surface area contributed by atoms with E-state index in [0.717, 1.165) is 5.56 Å². The first-order chi connectivity index (χ1) is 11.9. The number of amides is 2. The number of carbonyl (C=O) groups excluding carboxylic acids is 2. The lowest BCUT2D eigenvalue weighted by atomic mass is 10.1. The van der Waals surface area contributed by atoms with Crippen molar-refractivity contribution in [3.63, 3.8) is 0 Å². The van der Waals surface area contributed by atoms with Gasteiger partial charge in [-0.3, -0.25) is 9.59 Å². The second-order valence-corrected chi connectivity index (χ2v) is 6.22. The first-order valence-electron chi connectivity index (χ1n) is 8.31. The van der Waals surface area contributed by atoms with Gasteiger partial charge in [0.05, 0.1) is 0 Å². The van der Waals surface area contributed by atoms with Gasteiger partial charge in [0.1, 0.15) is 5.75 Å². The molecule has 132 valence electrons. The van der Waals surface area contributed by atoms with Crippen molar-refractivity contribution in [3.05, 3.63) is 59.7 Å². The number of hydrogen-bond acceptors (Lipinski definition) is 3. The van der Waals surface area contributed by atoms with Crippen LogP contribution in [-0.4, -0.2) is 24.0 Å². The number of carbonyl (C=O) groups is 2. The van der Waals surface area contributed by atoms with Crippen molar-refractivity contribution in [1.82, 2.24) is 5.32 Å². The average Bonchev–Trinajstić information content (AvgIpc) is 2.56. The highest BCUT2D eigenvalue weighted by molar-refractivity contribution is 5.98. The molecule has 2 amide bonds. The lowest BCUT2D eigenvalue weighted by Crippen LogP contribution is -2.31. The van der Waals surface area contributed by atoms with E-state index in [9.17, 15) is 9.59 Å². The summed E-state index contributed by atoms with van der Waals surface area (Å²) in [7, 11) is 0. The van der Waals surface area contributed by atoms with Crippen LogP contribution in [0.3, 0.4) is 0 Å². The molecule has 0 aliphatic heterocycles. The van der Waals surface area contributed by atoms with Gasteiger partial charge in [0.25, 0.3) is 11.8 Å². The average molecular weight is 340 g/mol. The van der Waals surface area contributed by atoms with Crippen molar-refractivity contribution in [3.8, 4) is 5.75 Å². The smallest absolute Gasteiger partial charge is 0.265 e. The van der Waals surface area contributed by atoms with Crippen LogP contribution in [0.4, 0.5) is 5.69 Å². The Bertz CT molecular complexity index is 756. The van der Waals surface area contributed by atoms with Crippen LogP contribution >= 0.6 is 0 Å². The van der Waals surface area contributed by atoms with Crippen molar-refractivity contribution in [1.29, 1.82) is 0 Å². The molecule has 0 fully saturated rings. The van der Waals surface area contributed by atoms with E-state index in [2.05, 4.69) is 10.6 Å². The summed E-state index contributed by atoms with van der Waals surface area (Å²) in [6, 6.07) is 14.4. The number of ether oxygens (including phenoxy) is 1. The van der Waals surface area contributed by atoms with Crippen molar-refractivity contribution < 1.29 is 14.3 Å². The van der Waals surface area contributed by atoms with Gasteiger partial charge in [-0.15, -0.1) is 0 Å². The van der Waals surface area contributed by atoms with E-state index < -0.39 is 6.10 Å². The zero-order valence-corrected chi connectivity index (χ0v) is 15.0. The first kappa shape index (κ1) is 18.5. The Morgan fingerprint density at radius 3 is 2.40 bits per heavy atom. The number of benzene rings is 2. The number of anilines is 1. The third-order valence-corrected chi connectivity index (χ3v) is 3.58. The third-order valence-electron chi connectivity index (χ3n) is 3.58. The molecular formula is C20H24N2O3. The molecule has 0 aliphatic carbocycles. The number of rotatable bonds is 6. The number of para-hydroxylation sites is 1. The lowest BCUT2D eigenvalue weighted by molar-refractivity contribution is -0.122. The van der Waals surface area contributed by atoms with Crippen molar-refractivity contribution in [2.75, 3.05) is 5.32 Å². The second-order valence-electron chi connectivity index (χ2n) is 6.22. The molecule has 0 saturated carbocycles. The van der Waals surface area contributed by atoms with Gasteiger partial charge in [0.15, 0.2) is 6.10 Å². The molecule has 1 atom stereocenters. The number of aryl methyl sites for hydroxylation is 1. The summed E-state index contributed by atoms with van der Waals surface area (Å²) >= 11 is 0. The van der Waals surface area contributed by atoms with Crippen LogP contribution < -0.4 is 15.4 Å². The molecule has 2 aromatic carbocycles. The van der Waals surface area contributed by atoms with Crippen LogP contribution in [0.5, 0.6) is 5.75 Å². The topological polar surface area (TPSA) is 67.4 Å². The van der Waals surface area contributed by atoms with Crippen LogP contribution in [0, 0.1) is 6.92 Å². The maximum Gasteiger partial charge on any atom is 0.265 e. The van der Waals surface area contributed by atoms with Crippen LogP contribution in [0.2, 0.25) is 0 Å². The zero-order valence-electron chi connectivity index (χ0n) is 15.0. The van der Waals surface area contributed by atoms with Gasteiger partial charge in [-0.25, -0.2) is 0 Å². The minimum absolute atomic E-state index is 0.0493. The molecule has 2 rings (SSSR count). The van der Waals surface area contributed by atoms with Crippen LogP contribution in [0.15, 0.2) is 48.5 Å². The summed E-state index contributed by atoms with van der Waals surface area (Å²) in [5.74, 6) is 0.232. The van der Waals surface area contributed by atoms with E-state index >= 15 is 0 Å². The maximum atomic E-state index is 12.4. The van der Waals surface area contributed by atoms with E-state index in [1.165, 1.54) is 0 Å². The van der Waals surface area contributed by atoms with Gasteiger partial charge < -0.3 is 15.4 Å². The van der Waals surface area contributed by atoms with Gasteiger partial charge >= 0.3 is 0 Å². The molecule has 0 bridgehead atoms. The van der Waals surface area contributed by atoms with E-state index in [-0.39, 0.29) is 17.9 Å². The minimum Gasteiger partial charge on any atom is -0.481 e. The molecule has 0 aromatic heterocycles. The molecule has 0 aliphatic rings. The molecular weight excluding hydrogens is 316 g/mol. The van der Waals surface area contributed by atoms with E-state index in [1.54, 1.807) is 31.2 Å². The molecule has 1 unspecified atom stereocenters. The summed E-state index contributed by atoms with van der Waals surface area (Å²) in [6.45, 7) is 7.41. The lowest BCUT2D eigenvalue weighted by Gasteiger charge is -2.16. The first-order valence-corrected chi connectivity index (χ1v) is 8.31. The molecule has 0 spiro atoms. The fourth-order valence-corrected chi connectivity index (χ4v) is 2.26. The van der Waals surface area contributed by atoms with Gasteiger partial charge in [0.2, 0.25) is 0 Å². The maximum absolute atomic E-state index is 12.4. The van der Waals surface area contributed by atoms with Crippen LogP contribution in [0.1, 0.15) is 36.7 Å². The minimum atomic E-state index is -0.658. The summed E-state index contributed by atoms with van der Waals surface area (Å²) < 4.78 is 5.72. The monoisotopic (exact) mass is 340 g/mol. The largest absolute Gasteiger partial charge is 0.481 e. The normalized spacial score (nSPS) is 11.7. The SMILES string of the molecule is Cc1ccccc1OC(C)C(=O)Nc1cccc(C(=O)NC(C)C)c1. The Morgan fingerprint density at radius 2 is 1.72 bits per heavy atom. The van der Waals surface area contributed by atoms with E-state index in [4.69, 9.17) is 4.74 Å². The fraction of sp³-hybridized carbons (Fsp3) is 0.300. The molecule has 5 nitrogen and oxygen atoms in total. The Kier molecular flexibility index (Phi) is 6.17. The van der Waals surface area contributed by atoms with Crippen LogP contribution in [-0.2, 0) is 4.79 Å². The molecule has 0 radical (unpaired) electrons. The fourth-order valence-electron chi connectivity index (χ4n) is 2.26. The Morgan fingerprint density at radius 1 is 1.00 bits per heavy atom. The van der Waals surface area contributed by atoms with Gasteiger partial charge in [0, 0.05) is 17.3 Å². The van der Waals surface area contributed by atoms with E-state index in [1.807, 2.05) is 45.0 Å². The molecule has 0 saturated heterocycles. The predicted octanol–water partition coefficient (Wildman–Crippen LogP) is 3.54. The summed E-state index contributed by atoms with van der Waals surface area (Å²) in [6.07, 6.45) is -0.658. The van der Waals surface area contributed by atoms with Gasteiger partial charge in [-0.1, -0.05) is 24.3 Å². The van der Waals surface area contributed by atoms with Crippen molar-refractivity contribution >= 4 is 17.5 Å². The number of nitrogens with one attached hydrogen (secondary N) is 2. The highest BCUT2D eigenvalue weighted by Gasteiger charge is 2.16. The van der Waals surface area contributed by atoms with Gasteiger partial charge in [-0.05, 0) is 57.5 Å². The molecule has 25 heavy (non-hydrogen) atoms. The summed E-state index contributed by atoms with van der Waals surface area (Å²) in [5.41, 5.74) is 2.02. The highest BCUT2D eigenvalue weighted by Crippen LogP contribution is 2.18. The van der Waals surface area contributed by atoms with Crippen LogP contribution in [0.25, 0.3) is 0 Å². The standard InChI is InChI=1S/C20H24N2O3/c1-13(2)21-20(24)16-9-7-10-17(12-16)22-19(23)15(4)25-18-11-6-5-8-14(18)3/h5-13,15H,1-4H3,(H,21,24)(H,22,23). The Labute approximate surface area is 148 Å². The Hall–Kier alpha value is -2.82. The van der Waals surface area contributed by atoms with Crippen molar-refractivity contribution in [2.45, 2.75) is 39.8 Å².